The van der Waals surface area contributed by atoms with Gasteiger partial charge in [-0.05, 0) is 48.6 Å². The van der Waals surface area contributed by atoms with Crippen LogP contribution in [0.2, 0.25) is 0 Å². The fraction of sp³-hybridized carbons (Fsp3) is 0.389. The molecule has 0 atom stereocenters. The van der Waals surface area contributed by atoms with Crippen LogP contribution in [-0.4, -0.2) is 30.4 Å². The van der Waals surface area contributed by atoms with Gasteiger partial charge in [-0.1, -0.05) is 19.1 Å². The van der Waals surface area contributed by atoms with Crippen molar-refractivity contribution in [2.75, 3.05) is 19.6 Å². The van der Waals surface area contributed by atoms with Gasteiger partial charge in [-0.3, -0.25) is 4.79 Å². The Labute approximate surface area is 131 Å². The first kappa shape index (κ1) is 14.7. The number of nitrogens with one attached hydrogen (secondary N) is 1. The highest BCUT2D eigenvalue weighted by Gasteiger charge is 2.20. The molecular formula is C18H23N3O. The predicted octanol–water partition coefficient (Wildman–Crippen LogP) is 2.49. The van der Waals surface area contributed by atoms with Crippen molar-refractivity contribution >= 4 is 11.6 Å². The fourth-order valence-electron chi connectivity index (χ4n) is 3.01. The topological polar surface area (TPSA) is 58.4 Å². The molecule has 0 bridgehead atoms. The lowest BCUT2D eigenvalue weighted by atomic mass is 10.1. The molecule has 0 saturated carbocycles. The van der Waals surface area contributed by atoms with Crippen LogP contribution in [-0.2, 0) is 0 Å². The molecule has 3 N–H and O–H groups in total. The van der Waals surface area contributed by atoms with Crippen LogP contribution in [0.4, 0.5) is 0 Å². The molecule has 3 rings (SSSR count). The highest BCUT2D eigenvalue weighted by Crippen LogP contribution is 2.23. The summed E-state index contributed by atoms with van der Waals surface area (Å²) >= 11 is 0. The summed E-state index contributed by atoms with van der Waals surface area (Å²) in [5.74, 6) is 0.141. The predicted molar refractivity (Wildman–Crippen MR) is 89.1 cm³/mol. The summed E-state index contributed by atoms with van der Waals surface area (Å²) in [4.78, 5) is 14.4. The maximum absolute atomic E-state index is 12.5. The lowest BCUT2D eigenvalue weighted by molar-refractivity contribution is 0.0793. The van der Waals surface area contributed by atoms with Crippen LogP contribution in [0, 0.1) is 0 Å². The molecule has 1 aromatic rings. The van der Waals surface area contributed by atoms with Crippen molar-refractivity contribution < 1.29 is 4.79 Å². The van der Waals surface area contributed by atoms with E-state index in [4.69, 9.17) is 5.73 Å². The second-order valence-corrected chi connectivity index (χ2v) is 5.90. The summed E-state index contributed by atoms with van der Waals surface area (Å²) < 4.78 is 0. The molecule has 2 aliphatic heterocycles. The molecule has 4 nitrogen and oxygen atoms in total. The standard InChI is InChI=1S/C18H23N3O/c1-2-16(19)15-11-17(20-12-15)13-6-5-7-14(10-13)18(22)21-8-3-4-9-21/h5-7,10-11,20H,2-4,8-9,12,19H2,1H3/b16-15-. The van der Waals surface area contributed by atoms with Crippen molar-refractivity contribution in [2.24, 2.45) is 5.73 Å². The van der Waals surface area contributed by atoms with Gasteiger partial charge >= 0.3 is 0 Å². The Kier molecular flexibility index (Phi) is 4.18. The smallest absolute Gasteiger partial charge is 0.253 e. The van der Waals surface area contributed by atoms with E-state index < -0.39 is 0 Å². The molecule has 2 aliphatic rings. The second-order valence-electron chi connectivity index (χ2n) is 5.90. The molecular weight excluding hydrogens is 274 g/mol. The molecule has 1 fully saturated rings. The number of rotatable bonds is 3. The van der Waals surface area contributed by atoms with E-state index in [0.717, 1.165) is 67.0 Å². The van der Waals surface area contributed by atoms with Crippen LogP contribution >= 0.6 is 0 Å². The summed E-state index contributed by atoms with van der Waals surface area (Å²) in [5.41, 5.74) is 10.9. The summed E-state index contributed by atoms with van der Waals surface area (Å²) in [5, 5.41) is 3.37. The first-order valence-electron chi connectivity index (χ1n) is 8.02. The average Bonchev–Trinajstić information content (AvgIpc) is 3.25. The minimum absolute atomic E-state index is 0.141. The van der Waals surface area contributed by atoms with E-state index in [1.54, 1.807) is 0 Å². The molecule has 116 valence electrons. The minimum Gasteiger partial charge on any atom is -0.402 e. The van der Waals surface area contributed by atoms with Gasteiger partial charge in [-0.15, -0.1) is 0 Å². The van der Waals surface area contributed by atoms with Crippen molar-refractivity contribution in [2.45, 2.75) is 26.2 Å². The Balaban J connectivity index is 1.84. The number of carbonyl (C=O) groups excluding carboxylic acids is 1. The molecule has 0 radical (unpaired) electrons. The Hall–Kier alpha value is -2.23. The van der Waals surface area contributed by atoms with Crippen molar-refractivity contribution in [3.63, 3.8) is 0 Å². The van der Waals surface area contributed by atoms with Gasteiger partial charge in [-0.25, -0.2) is 0 Å². The maximum atomic E-state index is 12.5. The van der Waals surface area contributed by atoms with Gasteiger partial charge < -0.3 is 16.0 Å². The number of nitrogens with zero attached hydrogens (tertiary/aromatic N) is 1. The van der Waals surface area contributed by atoms with E-state index in [1.807, 2.05) is 29.2 Å². The van der Waals surface area contributed by atoms with Crippen LogP contribution < -0.4 is 11.1 Å². The first-order chi connectivity index (χ1) is 10.7. The summed E-state index contributed by atoms with van der Waals surface area (Å²) in [6.45, 7) is 4.58. The average molecular weight is 297 g/mol. The van der Waals surface area contributed by atoms with E-state index in [0.29, 0.717) is 0 Å². The third kappa shape index (κ3) is 2.86. The molecule has 0 aromatic heterocycles. The lowest BCUT2D eigenvalue weighted by Gasteiger charge is -2.15. The van der Waals surface area contributed by atoms with Crippen molar-refractivity contribution in [3.05, 3.63) is 52.7 Å². The summed E-state index contributed by atoms with van der Waals surface area (Å²) in [6.07, 6.45) is 5.18. The Bertz CT molecular complexity index is 639. The van der Waals surface area contributed by atoms with Crippen molar-refractivity contribution in [1.82, 2.24) is 10.2 Å². The van der Waals surface area contributed by atoms with Gasteiger partial charge in [0.2, 0.25) is 0 Å². The third-order valence-electron chi connectivity index (χ3n) is 4.40. The molecule has 22 heavy (non-hydrogen) atoms. The number of benzene rings is 1. The van der Waals surface area contributed by atoms with Crippen LogP contribution in [0.1, 0.15) is 42.1 Å². The van der Waals surface area contributed by atoms with Gasteiger partial charge in [0.05, 0.1) is 0 Å². The molecule has 1 aromatic carbocycles. The van der Waals surface area contributed by atoms with Crippen LogP contribution in [0.15, 0.2) is 41.6 Å². The zero-order chi connectivity index (χ0) is 15.5. The number of likely N-dealkylation sites (tertiary alicyclic amines) is 1. The van der Waals surface area contributed by atoms with Gasteiger partial charge in [0.15, 0.2) is 0 Å². The zero-order valence-corrected chi connectivity index (χ0v) is 13.1. The highest BCUT2D eigenvalue weighted by molar-refractivity contribution is 5.95. The fourth-order valence-corrected chi connectivity index (χ4v) is 3.01. The lowest BCUT2D eigenvalue weighted by Crippen LogP contribution is -2.27. The van der Waals surface area contributed by atoms with Gasteiger partial charge in [-0.2, -0.15) is 0 Å². The number of carbonyl (C=O) groups is 1. The molecule has 2 heterocycles. The van der Waals surface area contributed by atoms with Crippen LogP contribution in [0.5, 0.6) is 0 Å². The van der Waals surface area contributed by atoms with E-state index in [9.17, 15) is 4.79 Å². The number of nitrogens with two attached hydrogens (primary N) is 1. The quantitative estimate of drug-likeness (QED) is 0.901. The van der Waals surface area contributed by atoms with E-state index in [1.165, 1.54) is 0 Å². The third-order valence-corrected chi connectivity index (χ3v) is 4.40. The molecule has 1 amide bonds. The van der Waals surface area contributed by atoms with E-state index in [2.05, 4.69) is 18.3 Å². The maximum Gasteiger partial charge on any atom is 0.253 e. The van der Waals surface area contributed by atoms with Crippen LogP contribution in [0.25, 0.3) is 5.70 Å². The van der Waals surface area contributed by atoms with Gasteiger partial charge in [0, 0.05) is 36.6 Å². The number of allylic oxidation sites excluding steroid dienone is 1. The Morgan fingerprint density at radius 1 is 1.32 bits per heavy atom. The first-order valence-corrected chi connectivity index (χ1v) is 8.02. The summed E-state index contributed by atoms with van der Waals surface area (Å²) in [6, 6.07) is 7.86. The highest BCUT2D eigenvalue weighted by atomic mass is 16.2. The van der Waals surface area contributed by atoms with Gasteiger partial charge in [0.1, 0.15) is 0 Å². The minimum atomic E-state index is 0.141. The van der Waals surface area contributed by atoms with Crippen molar-refractivity contribution in [3.8, 4) is 0 Å². The SMILES string of the molecule is CC/C(N)=C1\C=C(c2cccc(C(=O)N3CCCC3)c2)NC1. The largest absolute Gasteiger partial charge is 0.402 e. The molecule has 1 saturated heterocycles. The number of hydrogen-bond acceptors (Lipinski definition) is 3. The molecule has 0 aliphatic carbocycles. The normalized spacial score (nSPS) is 19.9. The van der Waals surface area contributed by atoms with Crippen LogP contribution in [0.3, 0.4) is 0 Å². The van der Waals surface area contributed by atoms with E-state index in [-0.39, 0.29) is 5.91 Å². The summed E-state index contributed by atoms with van der Waals surface area (Å²) in [7, 11) is 0. The molecule has 0 unspecified atom stereocenters. The van der Waals surface area contributed by atoms with Gasteiger partial charge in [0.25, 0.3) is 5.91 Å². The monoisotopic (exact) mass is 297 g/mol. The second kappa shape index (κ2) is 6.26. The van der Waals surface area contributed by atoms with E-state index >= 15 is 0 Å². The zero-order valence-electron chi connectivity index (χ0n) is 13.1. The van der Waals surface area contributed by atoms with Crippen molar-refractivity contribution in [1.29, 1.82) is 0 Å². The molecule has 4 heteroatoms. The Morgan fingerprint density at radius 2 is 2.09 bits per heavy atom. The number of amides is 1. The number of hydrogen-bond donors (Lipinski definition) is 2. The Morgan fingerprint density at radius 3 is 2.82 bits per heavy atom. The molecule has 0 spiro atoms.